The summed E-state index contributed by atoms with van der Waals surface area (Å²) in [5, 5.41) is 13.3. The third-order valence-electron chi connectivity index (χ3n) is 3.92. The van der Waals surface area contributed by atoms with Crippen LogP contribution in [0.1, 0.15) is 39.7 Å². The lowest BCUT2D eigenvalue weighted by atomic mass is 10.0. The van der Waals surface area contributed by atoms with Crippen molar-refractivity contribution in [2.45, 2.75) is 52.7 Å². The predicted octanol–water partition coefficient (Wildman–Crippen LogP) is 3.01. The molecule has 1 aromatic carbocycles. The monoisotopic (exact) mass is 279 g/mol. The maximum atomic E-state index is 9.95. The van der Waals surface area contributed by atoms with Gasteiger partial charge in [0.05, 0.1) is 0 Å². The maximum Gasteiger partial charge on any atom is 0.119 e. The van der Waals surface area contributed by atoms with Gasteiger partial charge in [0.25, 0.3) is 0 Å². The van der Waals surface area contributed by atoms with E-state index in [4.69, 9.17) is 4.74 Å². The summed E-state index contributed by atoms with van der Waals surface area (Å²) in [4.78, 5) is 0. The van der Waals surface area contributed by atoms with Crippen molar-refractivity contribution in [1.29, 1.82) is 0 Å². The minimum atomic E-state index is -0.480. The number of hydrogen-bond donors (Lipinski definition) is 2. The number of aliphatic hydroxyl groups excluding tert-OH is 1. The zero-order valence-electron chi connectivity index (χ0n) is 13.2. The topological polar surface area (TPSA) is 41.5 Å². The molecule has 2 N–H and O–H groups in total. The highest BCUT2D eigenvalue weighted by molar-refractivity contribution is 5.28. The Morgan fingerprint density at radius 3 is 2.65 bits per heavy atom. The first kappa shape index (κ1) is 17.0. The van der Waals surface area contributed by atoms with Crippen molar-refractivity contribution in [2.75, 3.05) is 13.2 Å². The summed E-state index contributed by atoms with van der Waals surface area (Å²) >= 11 is 0. The van der Waals surface area contributed by atoms with Crippen LogP contribution in [-0.4, -0.2) is 30.4 Å². The second-order valence-electron chi connectivity index (χ2n) is 5.55. The van der Waals surface area contributed by atoms with Gasteiger partial charge in [-0.25, -0.2) is 0 Å². The molecule has 1 rings (SSSR count). The van der Waals surface area contributed by atoms with Gasteiger partial charge in [0.1, 0.15) is 18.5 Å². The SMILES string of the molecule is CCc1cccc(OCC(O)CNC(C)C(C)CC)c1. The molecule has 0 saturated carbocycles. The number of hydrogen-bond acceptors (Lipinski definition) is 3. The minimum absolute atomic E-state index is 0.327. The van der Waals surface area contributed by atoms with Crippen LogP contribution in [0.3, 0.4) is 0 Å². The molecule has 0 aliphatic carbocycles. The minimum Gasteiger partial charge on any atom is -0.491 e. The Kier molecular flexibility index (Phi) is 7.63. The van der Waals surface area contributed by atoms with Gasteiger partial charge in [0, 0.05) is 12.6 Å². The molecule has 20 heavy (non-hydrogen) atoms. The van der Waals surface area contributed by atoms with E-state index < -0.39 is 6.10 Å². The van der Waals surface area contributed by atoms with Crippen molar-refractivity contribution in [3.63, 3.8) is 0 Å². The second kappa shape index (κ2) is 8.98. The largest absolute Gasteiger partial charge is 0.491 e. The van der Waals surface area contributed by atoms with Crippen molar-refractivity contribution in [3.8, 4) is 5.75 Å². The van der Waals surface area contributed by atoms with Crippen molar-refractivity contribution >= 4 is 0 Å². The molecule has 0 aromatic heterocycles. The Bertz CT molecular complexity index is 381. The molecule has 0 fully saturated rings. The van der Waals surface area contributed by atoms with Gasteiger partial charge in [-0.05, 0) is 37.0 Å². The van der Waals surface area contributed by atoms with E-state index in [0.29, 0.717) is 25.1 Å². The zero-order valence-corrected chi connectivity index (χ0v) is 13.2. The summed E-state index contributed by atoms with van der Waals surface area (Å²) in [7, 11) is 0. The fraction of sp³-hybridized carbons (Fsp3) is 0.647. The molecule has 0 radical (unpaired) electrons. The highest BCUT2D eigenvalue weighted by Gasteiger charge is 2.12. The van der Waals surface area contributed by atoms with Crippen LogP contribution in [0.25, 0.3) is 0 Å². The lowest BCUT2D eigenvalue weighted by Gasteiger charge is -2.22. The molecule has 0 heterocycles. The smallest absolute Gasteiger partial charge is 0.119 e. The third kappa shape index (κ3) is 5.93. The molecule has 3 atom stereocenters. The Hall–Kier alpha value is -1.06. The molecule has 0 aliphatic rings. The van der Waals surface area contributed by atoms with Gasteiger partial charge in [-0.3, -0.25) is 0 Å². The highest BCUT2D eigenvalue weighted by atomic mass is 16.5. The van der Waals surface area contributed by atoms with Gasteiger partial charge in [-0.1, -0.05) is 39.3 Å². The van der Waals surface area contributed by atoms with Crippen LogP contribution >= 0.6 is 0 Å². The first-order valence-corrected chi connectivity index (χ1v) is 7.70. The average molecular weight is 279 g/mol. The first-order valence-electron chi connectivity index (χ1n) is 7.70. The molecule has 3 heteroatoms. The van der Waals surface area contributed by atoms with Gasteiger partial charge in [-0.2, -0.15) is 0 Å². The number of aliphatic hydroxyl groups is 1. The van der Waals surface area contributed by atoms with Gasteiger partial charge >= 0.3 is 0 Å². The maximum absolute atomic E-state index is 9.95. The third-order valence-corrected chi connectivity index (χ3v) is 3.92. The second-order valence-corrected chi connectivity index (χ2v) is 5.55. The summed E-state index contributed by atoms with van der Waals surface area (Å²) in [5.41, 5.74) is 1.25. The van der Waals surface area contributed by atoms with Crippen LogP contribution < -0.4 is 10.1 Å². The van der Waals surface area contributed by atoms with Gasteiger partial charge in [0.15, 0.2) is 0 Å². The number of ether oxygens (including phenoxy) is 1. The molecule has 0 bridgehead atoms. The average Bonchev–Trinajstić information content (AvgIpc) is 2.49. The van der Waals surface area contributed by atoms with Gasteiger partial charge in [-0.15, -0.1) is 0 Å². The summed E-state index contributed by atoms with van der Waals surface area (Å²) in [6, 6.07) is 8.45. The molecule has 3 unspecified atom stereocenters. The van der Waals surface area contributed by atoms with E-state index in [1.165, 1.54) is 5.56 Å². The Labute approximate surface area is 123 Å². The molecule has 3 nitrogen and oxygen atoms in total. The van der Waals surface area contributed by atoms with E-state index in [9.17, 15) is 5.11 Å². The summed E-state index contributed by atoms with van der Waals surface area (Å²) < 4.78 is 5.64. The van der Waals surface area contributed by atoms with Crippen LogP contribution in [0.5, 0.6) is 5.75 Å². The van der Waals surface area contributed by atoms with Crippen LogP contribution in [-0.2, 0) is 6.42 Å². The Morgan fingerprint density at radius 2 is 2.00 bits per heavy atom. The van der Waals surface area contributed by atoms with E-state index in [0.717, 1.165) is 18.6 Å². The number of aryl methyl sites for hydroxylation is 1. The van der Waals surface area contributed by atoms with E-state index >= 15 is 0 Å². The standard InChI is InChI=1S/C17H29NO2/c1-5-13(3)14(4)18-11-16(19)12-20-17-9-7-8-15(6-2)10-17/h7-10,13-14,16,18-19H,5-6,11-12H2,1-4H3. The molecule has 0 spiro atoms. The van der Waals surface area contributed by atoms with E-state index in [1.807, 2.05) is 18.2 Å². The molecule has 0 aliphatic heterocycles. The van der Waals surface area contributed by atoms with E-state index in [-0.39, 0.29) is 0 Å². The summed E-state index contributed by atoms with van der Waals surface area (Å²) in [6.45, 7) is 9.58. The quantitative estimate of drug-likeness (QED) is 0.730. The van der Waals surface area contributed by atoms with Gasteiger partial charge < -0.3 is 15.2 Å². The fourth-order valence-corrected chi connectivity index (χ4v) is 1.98. The number of rotatable bonds is 9. The van der Waals surface area contributed by atoms with E-state index in [1.54, 1.807) is 0 Å². The van der Waals surface area contributed by atoms with Crippen LogP contribution in [0.15, 0.2) is 24.3 Å². The zero-order chi connectivity index (χ0) is 15.0. The molecule has 0 amide bonds. The molecule has 1 aromatic rings. The van der Waals surface area contributed by atoms with Gasteiger partial charge in [0.2, 0.25) is 0 Å². The Balaban J connectivity index is 2.30. The van der Waals surface area contributed by atoms with Crippen molar-refractivity contribution in [2.24, 2.45) is 5.92 Å². The van der Waals surface area contributed by atoms with Crippen LogP contribution in [0.4, 0.5) is 0 Å². The van der Waals surface area contributed by atoms with Crippen molar-refractivity contribution in [3.05, 3.63) is 29.8 Å². The van der Waals surface area contributed by atoms with Crippen molar-refractivity contribution in [1.82, 2.24) is 5.32 Å². The number of nitrogens with one attached hydrogen (secondary N) is 1. The van der Waals surface area contributed by atoms with Crippen LogP contribution in [0.2, 0.25) is 0 Å². The van der Waals surface area contributed by atoms with E-state index in [2.05, 4.69) is 39.1 Å². The normalized spacial score (nSPS) is 15.7. The fourth-order valence-electron chi connectivity index (χ4n) is 1.98. The van der Waals surface area contributed by atoms with Crippen molar-refractivity contribution < 1.29 is 9.84 Å². The predicted molar refractivity (Wildman–Crippen MR) is 84.2 cm³/mol. The number of benzene rings is 1. The lowest BCUT2D eigenvalue weighted by Crippen LogP contribution is -2.39. The lowest BCUT2D eigenvalue weighted by molar-refractivity contribution is 0.102. The molecule has 114 valence electrons. The summed E-state index contributed by atoms with van der Waals surface area (Å²) in [6.07, 6.45) is 1.66. The van der Waals surface area contributed by atoms with Crippen LogP contribution in [0, 0.1) is 5.92 Å². The Morgan fingerprint density at radius 1 is 1.25 bits per heavy atom. The first-order chi connectivity index (χ1) is 9.56. The molecular weight excluding hydrogens is 250 g/mol. The molecular formula is C17H29NO2. The molecule has 0 saturated heterocycles. The highest BCUT2D eigenvalue weighted by Crippen LogP contribution is 2.14. The summed E-state index contributed by atoms with van der Waals surface area (Å²) in [5.74, 6) is 1.45.